The van der Waals surface area contributed by atoms with Crippen LogP contribution in [0.25, 0.3) is 0 Å². The highest BCUT2D eigenvalue weighted by atomic mass is 31.2. The molecule has 3 rings (SSSR count). The normalized spacial score (nSPS) is 10.9. The second-order valence-corrected chi connectivity index (χ2v) is 6.25. The van der Waals surface area contributed by atoms with Crippen LogP contribution in [0, 0.1) is 5.82 Å². The van der Waals surface area contributed by atoms with E-state index in [9.17, 15) is 8.96 Å². The number of rotatable bonds is 6. The first-order valence-corrected chi connectivity index (χ1v) is 8.63. The summed E-state index contributed by atoms with van der Waals surface area (Å²) in [6.07, 6.45) is 0. The van der Waals surface area contributed by atoms with Gasteiger partial charge in [0, 0.05) is 6.07 Å². The minimum absolute atomic E-state index is 0.0465. The molecule has 0 amide bonds. The molecule has 0 radical (unpaired) electrons. The summed E-state index contributed by atoms with van der Waals surface area (Å²) in [6.45, 7) is 0. The van der Waals surface area contributed by atoms with Crippen LogP contribution in [0.4, 0.5) is 4.39 Å². The fraction of sp³-hybridized carbons (Fsp3) is 0. The lowest BCUT2D eigenvalue weighted by atomic mass is 10.3. The summed E-state index contributed by atoms with van der Waals surface area (Å²) in [5, 5.41) is 0. The molecule has 0 N–H and O–H groups in total. The molecule has 0 fully saturated rings. The van der Waals surface area contributed by atoms with E-state index in [4.69, 9.17) is 13.6 Å². The van der Waals surface area contributed by atoms with E-state index in [0.717, 1.165) is 6.07 Å². The molecule has 0 heterocycles. The fourth-order valence-electron chi connectivity index (χ4n) is 1.93. The van der Waals surface area contributed by atoms with E-state index in [1.165, 1.54) is 18.2 Å². The predicted molar refractivity (Wildman–Crippen MR) is 88.8 cm³/mol. The average Bonchev–Trinajstić information content (AvgIpc) is 2.56. The molecule has 4 nitrogen and oxygen atoms in total. The van der Waals surface area contributed by atoms with Crippen LogP contribution in [0.15, 0.2) is 84.9 Å². The SMILES string of the molecule is O=P(Oc1ccccc1)(Oc1ccccc1)Oc1cccc(F)c1. The molecular weight excluding hydrogens is 330 g/mol. The van der Waals surface area contributed by atoms with Crippen molar-refractivity contribution in [1.82, 2.24) is 0 Å². The molecule has 0 aliphatic carbocycles. The van der Waals surface area contributed by atoms with Crippen molar-refractivity contribution < 1.29 is 22.5 Å². The Morgan fingerprint density at radius 1 is 0.625 bits per heavy atom. The van der Waals surface area contributed by atoms with Gasteiger partial charge in [-0.05, 0) is 36.4 Å². The highest BCUT2D eigenvalue weighted by Crippen LogP contribution is 2.49. The number of hydrogen-bond donors (Lipinski definition) is 0. The van der Waals surface area contributed by atoms with Gasteiger partial charge in [0.25, 0.3) is 0 Å². The van der Waals surface area contributed by atoms with Gasteiger partial charge in [-0.1, -0.05) is 42.5 Å². The van der Waals surface area contributed by atoms with E-state index >= 15 is 0 Å². The highest BCUT2D eigenvalue weighted by molar-refractivity contribution is 7.49. The van der Waals surface area contributed by atoms with Gasteiger partial charge in [-0.3, -0.25) is 0 Å². The minimum atomic E-state index is -4.07. The molecule has 0 unspecified atom stereocenters. The Labute approximate surface area is 139 Å². The molecule has 3 aromatic rings. The number of phosphoric ester groups is 1. The third-order valence-corrected chi connectivity index (χ3v) is 4.24. The molecule has 0 bridgehead atoms. The van der Waals surface area contributed by atoms with Gasteiger partial charge < -0.3 is 13.6 Å². The molecule has 0 aliphatic heterocycles. The maximum Gasteiger partial charge on any atom is 0.647 e. The number of benzene rings is 3. The molecule has 0 atom stereocenters. The van der Waals surface area contributed by atoms with Gasteiger partial charge in [0.2, 0.25) is 0 Å². The van der Waals surface area contributed by atoms with Gasteiger partial charge in [0.1, 0.15) is 23.1 Å². The Balaban J connectivity index is 1.89. The van der Waals surface area contributed by atoms with Crippen LogP contribution in [0.1, 0.15) is 0 Å². The first-order chi connectivity index (χ1) is 11.6. The number of para-hydroxylation sites is 2. The Kier molecular flexibility index (Phi) is 4.82. The quantitative estimate of drug-likeness (QED) is 0.556. The molecule has 6 heteroatoms. The van der Waals surface area contributed by atoms with Gasteiger partial charge in [-0.2, -0.15) is 4.57 Å². The summed E-state index contributed by atoms with van der Waals surface area (Å²) in [6, 6.07) is 22.3. The van der Waals surface area contributed by atoms with Crippen LogP contribution in [0.3, 0.4) is 0 Å². The number of halogens is 1. The van der Waals surface area contributed by atoms with E-state index < -0.39 is 13.6 Å². The van der Waals surface area contributed by atoms with Gasteiger partial charge in [0.15, 0.2) is 0 Å². The van der Waals surface area contributed by atoms with Crippen molar-refractivity contribution in [3.63, 3.8) is 0 Å². The zero-order valence-electron chi connectivity index (χ0n) is 12.5. The van der Waals surface area contributed by atoms with Gasteiger partial charge in [-0.25, -0.2) is 4.39 Å². The third kappa shape index (κ3) is 4.37. The Hall–Kier alpha value is -2.78. The molecule has 0 saturated carbocycles. The second kappa shape index (κ2) is 7.20. The predicted octanol–water partition coefficient (Wildman–Crippen LogP) is 5.47. The highest BCUT2D eigenvalue weighted by Gasteiger charge is 2.33. The zero-order chi connectivity index (χ0) is 16.8. The van der Waals surface area contributed by atoms with Crippen LogP contribution in [-0.4, -0.2) is 0 Å². The average molecular weight is 344 g/mol. The summed E-state index contributed by atoms with van der Waals surface area (Å²) in [5.74, 6) is 0.157. The lowest BCUT2D eigenvalue weighted by Crippen LogP contribution is -2.07. The summed E-state index contributed by atoms with van der Waals surface area (Å²) in [7, 11) is -4.07. The molecular formula is C18H14FO4P. The van der Waals surface area contributed by atoms with Gasteiger partial charge in [0.05, 0.1) is 0 Å². The number of hydrogen-bond acceptors (Lipinski definition) is 4. The van der Waals surface area contributed by atoms with Crippen LogP contribution in [0.5, 0.6) is 17.2 Å². The van der Waals surface area contributed by atoms with E-state index in [1.807, 2.05) is 0 Å². The molecule has 3 aromatic carbocycles. The summed E-state index contributed by atoms with van der Waals surface area (Å²) < 4.78 is 42.6. The van der Waals surface area contributed by atoms with E-state index in [0.29, 0.717) is 11.5 Å². The Morgan fingerprint density at radius 3 is 1.58 bits per heavy atom. The largest absolute Gasteiger partial charge is 0.647 e. The van der Waals surface area contributed by atoms with Gasteiger partial charge in [-0.15, -0.1) is 0 Å². The maximum atomic E-state index is 13.3. The van der Waals surface area contributed by atoms with Crippen molar-refractivity contribution in [1.29, 1.82) is 0 Å². The maximum absolute atomic E-state index is 13.3. The molecule has 0 saturated heterocycles. The van der Waals surface area contributed by atoms with Crippen LogP contribution in [0.2, 0.25) is 0 Å². The van der Waals surface area contributed by atoms with E-state index in [1.54, 1.807) is 60.7 Å². The monoisotopic (exact) mass is 344 g/mol. The van der Waals surface area contributed by atoms with Crippen LogP contribution >= 0.6 is 7.82 Å². The molecule has 0 spiro atoms. The van der Waals surface area contributed by atoms with E-state index in [-0.39, 0.29) is 5.75 Å². The summed E-state index contributed by atoms with van der Waals surface area (Å²) >= 11 is 0. The van der Waals surface area contributed by atoms with Crippen molar-refractivity contribution in [3.05, 3.63) is 90.7 Å². The smallest absolute Gasteiger partial charge is 0.386 e. The molecule has 122 valence electrons. The van der Waals surface area contributed by atoms with Crippen molar-refractivity contribution in [2.24, 2.45) is 0 Å². The Bertz CT molecular complexity index is 794. The second-order valence-electron chi connectivity index (χ2n) is 4.80. The fourth-order valence-corrected chi connectivity index (χ4v) is 3.17. The lowest BCUT2D eigenvalue weighted by molar-refractivity contribution is 0.298. The third-order valence-electron chi connectivity index (χ3n) is 2.93. The minimum Gasteiger partial charge on any atom is -0.386 e. The van der Waals surface area contributed by atoms with Crippen LogP contribution in [-0.2, 0) is 4.57 Å². The Morgan fingerprint density at radius 2 is 1.08 bits per heavy atom. The van der Waals surface area contributed by atoms with E-state index in [2.05, 4.69) is 0 Å². The lowest BCUT2D eigenvalue weighted by Gasteiger charge is -2.19. The first kappa shape index (κ1) is 16.1. The van der Waals surface area contributed by atoms with Crippen molar-refractivity contribution in [2.45, 2.75) is 0 Å². The molecule has 24 heavy (non-hydrogen) atoms. The summed E-state index contributed by atoms with van der Waals surface area (Å²) in [4.78, 5) is 0. The molecule has 0 aromatic heterocycles. The molecule has 0 aliphatic rings. The van der Waals surface area contributed by atoms with Crippen molar-refractivity contribution in [3.8, 4) is 17.2 Å². The number of phosphoric acid groups is 1. The first-order valence-electron chi connectivity index (χ1n) is 7.17. The van der Waals surface area contributed by atoms with Crippen LogP contribution < -0.4 is 13.6 Å². The standard InChI is InChI=1S/C18H14FO4P/c19-15-8-7-13-18(14-15)23-24(20,21-16-9-3-1-4-10-16)22-17-11-5-2-6-12-17/h1-14H. The van der Waals surface area contributed by atoms with Gasteiger partial charge >= 0.3 is 7.82 Å². The zero-order valence-corrected chi connectivity index (χ0v) is 13.4. The summed E-state index contributed by atoms with van der Waals surface area (Å²) in [5.41, 5.74) is 0. The van der Waals surface area contributed by atoms with Crippen molar-refractivity contribution >= 4 is 7.82 Å². The van der Waals surface area contributed by atoms with Crippen molar-refractivity contribution in [2.75, 3.05) is 0 Å². The topological polar surface area (TPSA) is 44.8 Å².